The Kier molecular flexibility index (Phi) is 8.01. The zero-order chi connectivity index (χ0) is 25.0. The molecule has 34 heavy (non-hydrogen) atoms. The Morgan fingerprint density at radius 1 is 1.24 bits per heavy atom. The topological polar surface area (TPSA) is 113 Å². The molecule has 1 atom stereocenters. The number of likely N-dealkylation sites (N-methyl/N-ethyl adjacent to an activating group) is 1. The maximum absolute atomic E-state index is 13.6. The first-order valence-electron chi connectivity index (χ1n) is 11.0. The van der Waals surface area contributed by atoms with Crippen LogP contribution in [0.1, 0.15) is 30.0 Å². The third kappa shape index (κ3) is 5.78. The lowest BCUT2D eigenvalue weighted by Crippen LogP contribution is -2.44. The van der Waals surface area contributed by atoms with Gasteiger partial charge in [-0.1, -0.05) is 18.2 Å². The molecular formula is C23H29FN4O5S. The van der Waals surface area contributed by atoms with Gasteiger partial charge in [-0.15, -0.1) is 0 Å². The fourth-order valence-corrected chi connectivity index (χ4v) is 5.85. The second-order valence-corrected chi connectivity index (χ2v) is 10.6. The number of nitro groups is 1. The minimum atomic E-state index is -3.92. The molecule has 9 nitrogen and oxygen atoms in total. The van der Waals surface area contributed by atoms with Crippen LogP contribution in [0.15, 0.2) is 47.4 Å². The molecule has 1 aliphatic heterocycles. The van der Waals surface area contributed by atoms with Crippen molar-refractivity contribution < 1.29 is 22.5 Å². The molecule has 1 heterocycles. The first-order chi connectivity index (χ1) is 16.0. The molecule has 1 amide bonds. The third-order valence-electron chi connectivity index (χ3n) is 6.15. The number of hydrogen-bond acceptors (Lipinski definition) is 6. The number of benzene rings is 2. The van der Waals surface area contributed by atoms with Crippen LogP contribution in [0.4, 0.5) is 10.1 Å². The fourth-order valence-electron chi connectivity index (χ4n) is 4.13. The van der Waals surface area contributed by atoms with Crippen LogP contribution in [0.3, 0.4) is 0 Å². The second kappa shape index (κ2) is 10.6. The summed E-state index contributed by atoms with van der Waals surface area (Å²) in [6, 6.07) is 9.80. The van der Waals surface area contributed by atoms with E-state index in [2.05, 4.69) is 5.32 Å². The molecule has 0 bridgehead atoms. The predicted octanol–water partition coefficient (Wildman–Crippen LogP) is 2.86. The highest BCUT2D eigenvalue weighted by molar-refractivity contribution is 7.89. The minimum absolute atomic E-state index is 0.0893. The smallest absolute Gasteiger partial charge is 0.270 e. The first kappa shape index (κ1) is 25.7. The van der Waals surface area contributed by atoms with Crippen molar-refractivity contribution in [3.63, 3.8) is 0 Å². The maximum Gasteiger partial charge on any atom is 0.270 e. The van der Waals surface area contributed by atoms with Crippen LogP contribution in [0, 0.1) is 28.8 Å². The van der Waals surface area contributed by atoms with Gasteiger partial charge in [0.2, 0.25) is 15.9 Å². The molecule has 0 spiro atoms. The number of sulfonamides is 1. The van der Waals surface area contributed by atoms with Gasteiger partial charge in [0.15, 0.2) is 0 Å². The lowest BCUT2D eigenvalue weighted by molar-refractivity contribution is -0.385. The van der Waals surface area contributed by atoms with E-state index in [9.17, 15) is 27.7 Å². The Morgan fingerprint density at radius 2 is 1.91 bits per heavy atom. The van der Waals surface area contributed by atoms with Gasteiger partial charge in [-0.25, -0.2) is 12.8 Å². The summed E-state index contributed by atoms with van der Waals surface area (Å²) in [7, 11) is -0.224. The number of carbonyl (C=O) groups is 1. The highest BCUT2D eigenvalue weighted by Gasteiger charge is 2.34. The van der Waals surface area contributed by atoms with Gasteiger partial charge in [0.25, 0.3) is 5.69 Å². The maximum atomic E-state index is 13.6. The van der Waals surface area contributed by atoms with E-state index in [0.717, 1.165) is 11.6 Å². The van der Waals surface area contributed by atoms with Gasteiger partial charge in [0.1, 0.15) is 5.82 Å². The SMILES string of the molecule is Cc1ccc([N+](=O)[O-])cc1S(=O)(=O)N1CCC(C(=O)NCC(c2cccc(F)c2)N(C)C)CC1. The summed E-state index contributed by atoms with van der Waals surface area (Å²) in [5.41, 5.74) is 0.892. The number of hydrogen-bond donors (Lipinski definition) is 1. The number of halogens is 1. The number of nitro benzene ring substituents is 1. The van der Waals surface area contributed by atoms with E-state index < -0.39 is 14.9 Å². The predicted molar refractivity (Wildman–Crippen MR) is 125 cm³/mol. The average molecular weight is 493 g/mol. The zero-order valence-electron chi connectivity index (χ0n) is 19.4. The molecule has 1 fully saturated rings. The van der Waals surface area contributed by atoms with Gasteiger partial charge in [-0.05, 0) is 57.1 Å². The molecule has 2 aromatic carbocycles. The Morgan fingerprint density at radius 3 is 2.50 bits per heavy atom. The number of nitrogens with one attached hydrogen (secondary N) is 1. The highest BCUT2D eigenvalue weighted by atomic mass is 32.2. The second-order valence-electron chi connectivity index (χ2n) is 8.66. The molecule has 1 unspecified atom stereocenters. The van der Waals surface area contributed by atoms with Crippen LogP contribution < -0.4 is 5.32 Å². The number of amides is 1. The molecule has 184 valence electrons. The van der Waals surface area contributed by atoms with Gasteiger partial charge in [-0.2, -0.15) is 4.31 Å². The van der Waals surface area contributed by atoms with Crippen LogP contribution in [-0.4, -0.2) is 62.2 Å². The van der Waals surface area contributed by atoms with E-state index >= 15 is 0 Å². The summed E-state index contributed by atoms with van der Waals surface area (Å²) >= 11 is 0. The van der Waals surface area contributed by atoms with E-state index in [0.29, 0.717) is 24.9 Å². The number of carbonyl (C=O) groups excluding carboxylic acids is 1. The van der Waals surface area contributed by atoms with Gasteiger partial charge in [0, 0.05) is 37.7 Å². The van der Waals surface area contributed by atoms with Gasteiger partial charge >= 0.3 is 0 Å². The molecule has 0 saturated carbocycles. The first-order valence-corrected chi connectivity index (χ1v) is 12.4. The highest BCUT2D eigenvalue weighted by Crippen LogP contribution is 2.28. The van der Waals surface area contributed by atoms with Crippen molar-refractivity contribution >= 4 is 21.6 Å². The molecule has 0 radical (unpaired) electrons. The molecule has 1 aliphatic rings. The van der Waals surface area contributed by atoms with E-state index in [1.165, 1.54) is 28.6 Å². The third-order valence-corrected chi connectivity index (χ3v) is 8.19. The van der Waals surface area contributed by atoms with Crippen molar-refractivity contribution in [1.82, 2.24) is 14.5 Å². The monoisotopic (exact) mass is 492 g/mol. The Hall–Kier alpha value is -2.89. The Balaban J connectivity index is 1.62. The summed E-state index contributed by atoms with van der Waals surface area (Å²) in [6.45, 7) is 2.17. The normalized spacial score (nSPS) is 16.4. The molecule has 3 rings (SSSR count). The minimum Gasteiger partial charge on any atom is -0.354 e. The van der Waals surface area contributed by atoms with Gasteiger partial charge in [0.05, 0.1) is 15.9 Å². The van der Waals surface area contributed by atoms with Crippen LogP contribution in [0.25, 0.3) is 0 Å². The molecule has 11 heteroatoms. The van der Waals surface area contributed by atoms with Crippen LogP contribution in [0.5, 0.6) is 0 Å². The summed E-state index contributed by atoms with van der Waals surface area (Å²) in [4.78, 5) is 25.0. The van der Waals surface area contributed by atoms with Gasteiger partial charge in [-0.3, -0.25) is 14.9 Å². The number of piperidine rings is 1. The summed E-state index contributed by atoms with van der Waals surface area (Å²) in [5.74, 6) is -0.872. The molecule has 0 aliphatic carbocycles. The van der Waals surface area contributed by atoms with Crippen molar-refractivity contribution in [2.45, 2.75) is 30.7 Å². The number of rotatable bonds is 8. The molecular weight excluding hydrogens is 463 g/mol. The average Bonchev–Trinajstić information content (AvgIpc) is 2.79. The lowest BCUT2D eigenvalue weighted by Gasteiger charge is -2.31. The zero-order valence-corrected chi connectivity index (χ0v) is 20.2. The van der Waals surface area contributed by atoms with E-state index in [4.69, 9.17) is 0 Å². The standard InChI is InChI=1S/C23H29FN4O5S/c1-16-7-8-20(28(30)31)14-22(16)34(32,33)27-11-9-17(10-12-27)23(29)25-15-21(26(2)3)18-5-4-6-19(24)13-18/h4-8,13-14,17,21H,9-12,15H2,1-3H3,(H,25,29). The summed E-state index contributed by atoms with van der Waals surface area (Å²) in [5, 5.41) is 14.0. The van der Waals surface area contributed by atoms with Crippen molar-refractivity contribution in [3.05, 3.63) is 69.5 Å². The fraction of sp³-hybridized carbons (Fsp3) is 0.435. The van der Waals surface area contributed by atoms with Crippen molar-refractivity contribution in [3.8, 4) is 0 Å². The number of non-ortho nitro benzene ring substituents is 1. The van der Waals surface area contributed by atoms with Gasteiger partial charge < -0.3 is 10.2 Å². The Bertz CT molecular complexity index is 1160. The summed E-state index contributed by atoms with van der Waals surface area (Å²) in [6.07, 6.45) is 0.678. The van der Waals surface area contributed by atoms with E-state index in [1.54, 1.807) is 19.1 Å². The van der Waals surface area contributed by atoms with E-state index in [1.807, 2.05) is 19.0 Å². The van der Waals surface area contributed by atoms with Crippen molar-refractivity contribution in [2.24, 2.45) is 5.92 Å². The number of nitrogens with zero attached hydrogens (tertiary/aromatic N) is 3. The molecule has 2 aromatic rings. The molecule has 1 saturated heterocycles. The van der Waals surface area contributed by atoms with Crippen molar-refractivity contribution in [2.75, 3.05) is 33.7 Å². The van der Waals surface area contributed by atoms with Crippen LogP contribution >= 0.6 is 0 Å². The lowest BCUT2D eigenvalue weighted by atomic mass is 9.97. The van der Waals surface area contributed by atoms with E-state index in [-0.39, 0.29) is 47.4 Å². The van der Waals surface area contributed by atoms with Crippen molar-refractivity contribution in [1.29, 1.82) is 0 Å². The largest absolute Gasteiger partial charge is 0.354 e. The Labute approximate surface area is 198 Å². The quantitative estimate of drug-likeness (QED) is 0.448. The number of aryl methyl sites for hydroxylation is 1. The molecule has 0 aromatic heterocycles. The summed E-state index contributed by atoms with van der Waals surface area (Å²) < 4.78 is 41.1. The van der Waals surface area contributed by atoms with Crippen LogP contribution in [0.2, 0.25) is 0 Å². The van der Waals surface area contributed by atoms with Crippen LogP contribution in [-0.2, 0) is 14.8 Å². The molecule has 1 N–H and O–H groups in total.